The zero-order chi connectivity index (χ0) is 11.3. The zero-order valence-corrected chi connectivity index (χ0v) is 10.4. The quantitative estimate of drug-likeness (QED) is 0.862. The molecule has 0 amide bonds. The number of hydrogen-bond acceptors (Lipinski definition) is 3. The molecular weight excluding hydrogens is 258 g/mol. The molecule has 1 aromatic rings. The summed E-state index contributed by atoms with van der Waals surface area (Å²) in [5.74, 6) is 0.272. The lowest BCUT2D eigenvalue weighted by Crippen LogP contribution is -2.26. The van der Waals surface area contributed by atoms with Crippen molar-refractivity contribution in [2.24, 2.45) is 0 Å². The Labute approximate surface area is 98.5 Å². The van der Waals surface area contributed by atoms with Crippen molar-refractivity contribution in [3.8, 4) is 5.75 Å². The first kappa shape index (κ1) is 12.5. The Hall–Kier alpha value is -0.580. The first-order chi connectivity index (χ1) is 7.17. The lowest BCUT2D eigenvalue weighted by atomic mass is 10.2. The van der Waals surface area contributed by atoms with Crippen LogP contribution >= 0.6 is 15.9 Å². The first-order valence-electron chi connectivity index (χ1n) is 4.98. The molecule has 2 N–H and O–H groups in total. The minimum atomic E-state index is 0.157. The number of nitrogens with zero attached hydrogens (tertiary/aromatic N) is 1. The largest absolute Gasteiger partial charge is 0.508 e. The van der Waals surface area contributed by atoms with Gasteiger partial charge in [0, 0.05) is 17.6 Å². The normalized spacial score (nSPS) is 10.9. The molecular formula is C11H16BrNO2. The van der Waals surface area contributed by atoms with Gasteiger partial charge in [0.2, 0.25) is 0 Å². The molecule has 0 fully saturated rings. The Morgan fingerprint density at radius 2 is 2.13 bits per heavy atom. The maximum absolute atomic E-state index is 9.36. The van der Waals surface area contributed by atoms with E-state index in [1.165, 1.54) is 0 Å². The van der Waals surface area contributed by atoms with Crippen LogP contribution < -0.4 is 0 Å². The predicted molar refractivity (Wildman–Crippen MR) is 63.8 cm³/mol. The van der Waals surface area contributed by atoms with E-state index in [1.807, 2.05) is 13.0 Å². The molecule has 0 aliphatic carbocycles. The molecule has 0 bridgehead atoms. The highest BCUT2D eigenvalue weighted by Crippen LogP contribution is 2.22. The predicted octanol–water partition coefficient (Wildman–Crippen LogP) is 1.97. The summed E-state index contributed by atoms with van der Waals surface area (Å²) in [6.45, 7) is 4.46. The monoisotopic (exact) mass is 273 g/mol. The second-order valence-corrected chi connectivity index (χ2v) is 4.22. The van der Waals surface area contributed by atoms with Gasteiger partial charge < -0.3 is 10.2 Å². The molecule has 1 rings (SSSR count). The van der Waals surface area contributed by atoms with Crippen LogP contribution in [0.5, 0.6) is 5.75 Å². The Bertz CT molecular complexity index is 317. The molecule has 1 aromatic carbocycles. The van der Waals surface area contributed by atoms with Gasteiger partial charge in [0.1, 0.15) is 5.75 Å². The van der Waals surface area contributed by atoms with Gasteiger partial charge in [0.25, 0.3) is 0 Å². The summed E-state index contributed by atoms with van der Waals surface area (Å²) in [4.78, 5) is 2.11. The number of phenolic OH excluding ortho intramolecular Hbond substituents is 1. The summed E-state index contributed by atoms with van der Waals surface area (Å²) in [6.07, 6.45) is 0. The molecule has 0 radical (unpaired) electrons. The average Bonchev–Trinajstić information content (AvgIpc) is 2.22. The lowest BCUT2D eigenvalue weighted by molar-refractivity contribution is 0.196. The number of halogens is 1. The van der Waals surface area contributed by atoms with Crippen LogP contribution in [0.2, 0.25) is 0 Å². The van der Waals surface area contributed by atoms with Gasteiger partial charge in [-0.05, 0) is 30.3 Å². The minimum Gasteiger partial charge on any atom is -0.508 e. The van der Waals surface area contributed by atoms with Crippen LogP contribution in [0.15, 0.2) is 22.7 Å². The van der Waals surface area contributed by atoms with Crippen LogP contribution in [0.1, 0.15) is 12.5 Å². The van der Waals surface area contributed by atoms with Gasteiger partial charge in [-0.25, -0.2) is 0 Å². The van der Waals surface area contributed by atoms with Crippen LogP contribution in [0.25, 0.3) is 0 Å². The van der Waals surface area contributed by atoms with Crippen molar-refractivity contribution < 1.29 is 10.2 Å². The topological polar surface area (TPSA) is 43.7 Å². The molecule has 0 saturated carbocycles. The third-order valence-corrected chi connectivity index (χ3v) is 3.06. The molecule has 0 unspecified atom stereocenters. The Morgan fingerprint density at radius 1 is 1.40 bits per heavy atom. The smallest absolute Gasteiger partial charge is 0.115 e. The third-order valence-electron chi connectivity index (χ3n) is 2.29. The molecule has 3 nitrogen and oxygen atoms in total. The molecule has 0 atom stereocenters. The summed E-state index contributed by atoms with van der Waals surface area (Å²) >= 11 is 3.44. The molecule has 4 heteroatoms. The molecule has 0 saturated heterocycles. The third kappa shape index (κ3) is 3.81. The van der Waals surface area contributed by atoms with Crippen molar-refractivity contribution in [3.05, 3.63) is 28.2 Å². The number of aliphatic hydroxyl groups is 1. The maximum Gasteiger partial charge on any atom is 0.115 e. The van der Waals surface area contributed by atoms with E-state index in [0.717, 1.165) is 23.1 Å². The van der Waals surface area contributed by atoms with E-state index >= 15 is 0 Å². The fourth-order valence-corrected chi connectivity index (χ4v) is 1.79. The van der Waals surface area contributed by atoms with Crippen LogP contribution in [0.3, 0.4) is 0 Å². The lowest BCUT2D eigenvalue weighted by Gasteiger charge is -2.19. The highest BCUT2D eigenvalue weighted by molar-refractivity contribution is 9.10. The SMILES string of the molecule is CCN(CCO)Cc1cc(O)ccc1Br. The maximum atomic E-state index is 9.36. The average molecular weight is 274 g/mol. The Balaban J connectivity index is 2.73. The van der Waals surface area contributed by atoms with E-state index in [2.05, 4.69) is 20.8 Å². The number of phenols is 1. The van der Waals surface area contributed by atoms with Crippen LogP contribution in [-0.4, -0.2) is 34.8 Å². The van der Waals surface area contributed by atoms with Crippen molar-refractivity contribution >= 4 is 15.9 Å². The number of benzene rings is 1. The first-order valence-corrected chi connectivity index (χ1v) is 5.77. The van der Waals surface area contributed by atoms with Gasteiger partial charge in [-0.2, -0.15) is 0 Å². The van der Waals surface area contributed by atoms with E-state index in [0.29, 0.717) is 6.54 Å². The van der Waals surface area contributed by atoms with Crippen molar-refractivity contribution in [2.75, 3.05) is 19.7 Å². The second-order valence-electron chi connectivity index (χ2n) is 3.37. The standard InChI is InChI=1S/C11H16BrNO2/c1-2-13(5-6-14)8-9-7-10(15)3-4-11(9)12/h3-4,7,14-15H,2,5-6,8H2,1H3. The van der Waals surface area contributed by atoms with Crippen molar-refractivity contribution in [3.63, 3.8) is 0 Å². The number of aliphatic hydroxyl groups excluding tert-OH is 1. The molecule has 0 aliphatic rings. The highest BCUT2D eigenvalue weighted by Gasteiger charge is 2.06. The molecule has 84 valence electrons. The molecule has 0 spiro atoms. The summed E-state index contributed by atoms with van der Waals surface area (Å²) in [6, 6.07) is 5.22. The molecule has 0 heterocycles. The number of hydrogen-bond donors (Lipinski definition) is 2. The summed E-state index contributed by atoms with van der Waals surface area (Å²) in [5.41, 5.74) is 1.03. The zero-order valence-electron chi connectivity index (χ0n) is 8.78. The molecule has 0 aliphatic heterocycles. The van der Waals surface area contributed by atoms with Gasteiger partial charge in [0.15, 0.2) is 0 Å². The van der Waals surface area contributed by atoms with Gasteiger partial charge in [-0.3, -0.25) is 4.90 Å². The van der Waals surface area contributed by atoms with Gasteiger partial charge in [-0.15, -0.1) is 0 Å². The van der Waals surface area contributed by atoms with Crippen molar-refractivity contribution in [2.45, 2.75) is 13.5 Å². The van der Waals surface area contributed by atoms with Gasteiger partial charge in [-0.1, -0.05) is 22.9 Å². The number of likely N-dealkylation sites (N-methyl/N-ethyl adjacent to an activating group) is 1. The van der Waals surface area contributed by atoms with E-state index in [4.69, 9.17) is 5.11 Å². The van der Waals surface area contributed by atoms with E-state index in [-0.39, 0.29) is 12.4 Å². The van der Waals surface area contributed by atoms with E-state index < -0.39 is 0 Å². The molecule has 0 aromatic heterocycles. The van der Waals surface area contributed by atoms with Crippen LogP contribution in [0, 0.1) is 0 Å². The van der Waals surface area contributed by atoms with Gasteiger partial charge in [0.05, 0.1) is 6.61 Å². The Morgan fingerprint density at radius 3 is 2.73 bits per heavy atom. The fourth-order valence-electron chi connectivity index (χ4n) is 1.41. The van der Waals surface area contributed by atoms with Crippen LogP contribution in [0.4, 0.5) is 0 Å². The number of rotatable bonds is 5. The van der Waals surface area contributed by atoms with Crippen molar-refractivity contribution in [1.29, 1.82) is 0 Å². The fraction of sp³-hybridized carbons (Fsp3) is 0.455. The summed E-state index contributed by atoms with van der Waals surface area (Å²) in [5, 5.41) is 18.2. The highest BCUT2D eigenvalue weighted by atomic mass is 79.9. The van der Waals surface area contributed by atoms with Crippen LogP contribution in [-0.2, 0) is 6.54 Å². The van der Waals surface area contributed by atoms with Gasteiger partial charge >= 0.3 is 0 Å². The van der Waals surface area contributed by atoms with E-state index in [1.54, 1.807) is 12.1 Å². The number of aromatic hydroxyl groups is 1. The second kappa shape index (κ2) is 6.10. The Kier molecular flexibility index (Phi) is 5.08. The minimum absolute atomic E-state index is 0.157. The van der Waals surface area contributed by atoms with Crippen molar-refractivity contribution in [1.82, 2.24) is 4.90 Å². The summed E-state index contributed by atoms with van der Waals surface area (Å²) in [7, 11) is 0. The summed E-state index contributed by atoms with van der Waals surface area (Å²) < 4.78 is 0.983. The molecule has 15 heavy (non-hydrogen) atoms. The van der Waals surface area contributed by atoms with E-state index in [9.17, 15) is 5.11 Å².